The Hall–Kier alpha value is -3.21. The van der Waals surface area contributed by atoms with Crippen LogP contribution in [0.5, 0.6) is 23.1 Å². The third-order valence-corrected chi connectivity index (χ3v) is 4.20. The number of nitrogens with two attached hydrogens (primary N) is 1. The Bertz CT molecular complexity index is 894. The van der Waals surface area contributed by atoms with Gasteiger partial charge in [0.05, 0.1) is 11.9 Å². The minimum absolute atomic E-state index is 0.0508. The summed E-state index contributed by atoms with van der Waals surface area (Å²) in [5.74, 6) is 2.32. The molecule has 1 aromatic heterocycles. The van der Waals surface area contributed by atoms with Crippen LogP contribution >= 0.6 is 0 Å². The zero-order valence-corrected chi connectivity index (χ0v) is 13.6. The first-order valence-corrected chi connectivity index (χ1v) is 8.15. The monoisotopic (exact) mass is 334 g/mol. The molecule has 3 aromatic rings. The summed E-state index contributed by atoms with van der Waals surface area (Å²) < 4.78 is 11.9. The van der Waals surface area contributed by atoms with E-state index in [1.54, 1.807) is 30.5 Å². The Morgan fingerprint density at radius 1 is 1.12 bits per heavy atom. The summed E-state index contributed by atoms with van der Waals surface area (Å²) in [5.41, 5.74) is 8.32. The Labute approximate surface area is 145 Å². The fourth-order valence-corrected chi connectivity index (χ4v) is 2.96. The van der Waals surface area contributed by atoms with Crippen molar-refractivity contribution in [2.45, 2.75) is 18.9 Å². The number of phenolic OH excluding ortho intramolecular Hbond substituents is 1. The highest BCUT2D eigenvalue weighted by atomic mass is 16.5. The predicted octanol–water partition coefficient (Wildman–Crippen LogP) is 4.23. The lowest BCUT2D eigenvalue weighted by Crippen LogP contribution is -2.15. The molecule has 5 nitrogen and oxygen atoms in total. The molecule has 2 heterocycles. The van der Waals surface area contributed by atoms with Gasteiger partial charge in [-0.2, -0.15) is 0 Å². The molecule has 25 heavy (non-hydrogen) atoms. The van der Waals surface area contributed by atoms with Gasteiger partial charge in [0.25, 0.3) is 0 Å². The van der Waals surface area contributed by atoms with Crippen LogP contribution in [0.4, 0.5) is 5.69 Å². The smallest absolute Gasteiger partial charge is 0.219 e. The summed E-state index contributed by atoms with van der Waals surface area (Å²) in [6.45, 7) is 0. The first kappa shape index (κ1) is 15.3. The summed E-state index contributed by atoms with van der Waals surface area (Å²) in [6.07, 6.45) is 3.24. The average Bonchev–Trinajstić information content (AvgIpc) is 2.63. The number of phenols is 1. The molecule has 0 saturated heterocycles. The Morgan fingerprint density at radius 3 is 2.84 bits per heavy atom. The largest absolute Gasteiger partial charge is 0.508 e. The molecule has 2 aromatic carbocycles. The second-order valence-electron chi connectivity index (χ2n) is 6.04. The van der Waals surface area contributed by atoms with Crippen molar-refractivity contribution in [3.8, 4) is 23.1 Å². The van der Waals surface area contributed by atoms with Crippen molar-refractivity contribution in [2.75, 3.05) is 5.73 Å². The van der Waals surface area contributed by atoms with Gasteiger partial charge in [0.15, 0.2) is 0 Å². The summed E-state index contributed by atoms with van der Waals surface area (Å²) >= 11 is 0. The number of anilines is 1. The number of aromatic hydroxyl groups is 1. The number of pyridine rings is 1. The zero-order chi connectivity index (χ0) is 17.2. The van der Waals surface area contributed by atoms with Gasteiger partial charge < -0.3 is 20.3 Å². The van der Waals surface area contributed by atoms with Gasteiger partial charge in [0, 0.05) is 6.07 Å². The van der Waals surface area contributed by atoms with Gasteiger partial charge in [-0.3, -0.25) is 0 Å². The molecule has 1 atom stereocenters. The van der Waals surface area contributed by atoms with Crippen molar-refractivity contribution in [1.82, 2.24) is 4.98 Å². The molecule has 5 heteroatoms. The molecule has 0 fully saturated rings. The number of aryl methyl sites for hydroxylation is 1. The van der Waals surface area contributed by atoms with Gasteiger partial charge in [-0.15, -0.1) is 0 Å². The van der Waals surface area contributed by atoms with E-state index in [2.05, 4.69) is 4.98 Å². The van der Waals surface area contributed by atoms with Gasteiger partial charge >= 0.3 is 0 Å². The van der Waals surface area contributed by atoms with Crippen LogP contribution in [0.2, 0.25) is 0 Å². The molecule has 126 valence electrons. The van der Waals surface area contributed by atoms with E-state index in [9.17, 15) is 5.11 Å². The summed E-state index contributed by atoms with van der Waals surface area (Å²) in [7, 11) is 0. The van der Waals surface area contributed by atoms with E-state index >= 15 is 0 Å². The third-order valence-electron chi connectivity index (χ3n) is 4.20. The second kappa shape index (κ2) is 6.36. The third kappa shape index (κ3) is 3.35. The van der Waals surface area contributed by atoms with E-state index < -0.39 is 0 Å². The van der Waals surface area contributed by atoms with E-state index in [0.29, 0.717) is 11.6 Å². The Kier molecular flexibility index (Phi) is 3.90. The fraction of sp³-hybridized carbons (Fsp3) is 0.150. The zero-order valence-electron chi connectivity index (χ0n) is 13.6. The van der Waals surface area contributed by atoms with Crippen LogP contribution in [0.25, 0.3) is 0 Å². The van der Waals surface area contributed by atoms with Crippen molar-refractivity contribution in [3.05, 3.63) is 71.9 Å². The van der Waals surface area contributed by atoms with Crippen LogP contribution in [0.3, 0.4) is 0 Å². The average molecular weight is 334 g/mol. The number of benzene rings is 2. The van der Waals surface area contributed by atoms with Gasteiger partial charge in [-0.1, -0.05) is 12.1 Å². The number of nitrogen functional groups attached to an aromatic ring is 1. The topological polar surface area (TPSA) is 77.6 Å². The SMILES string of the molecule is Nc1ccc(Oc2ccc3c(c2)CCC(c2cccc(O)c2)O3)nc1. The predicted molar refractivity (Wildman–Crippen MR) is 95.0 cm³/mol. The lowest BCUT2D eigenvalue weighted by molar-refractivity contribution is 0.176. The van der Waals surface area contributed by atoms with Crippen LogP contribution in [0.1, 0.15) is 23.7 Å². The summed E-state index contributed by atoms with van der Waals surface area (Å²) in [4.78, 5) is 4.14. The molecule has 0 spiro atoms. The lowest BCUT2D eigenvalue weighted by atomic mass is 9.97. The quantitative estimate of drug-likeness (QED) is 0.749. The maximum atomic E-state index is 9.65. The molecule has 0 saturated carbocycles. The number of hydrogen-bond donors (Lipinski definition) is 2. The molecular formula is C20H18N2O3. The van der Waals surface area contributed by atoms with Gasteiger partial charge in [-0.05, 0) is 60.4 Å². The molecular weight excluding hydrogens is 316 g/mol. The molecule has 1 aliphatic heterocycles. The number of nitrogens with zero attached hydrogens (tertiary/aromatic N) is 1. The number of rotatable bonds is 3. The summed E-state index contributed by atoms with van der Waals surface area (Å²) in [6, 6.07) is 16.5. The van der Waals surface area contributed by atoms with Crippen LogP contribution in [-0.4, -0.2) is 10.1 Å². The van der Waals surface area contributed by atoms with E-state index in [1.807, 2.05) is 30.3 Å². The van der Waals surface area contributed by atoms with Gasteiger partial charge in [0.2, 0.25) is 5.88 Å². The van der Waals surface area contributed by atoms with E-state index in [0.717, 1.165) is 35.5 Å². The Balaban J connectivity index is 1.52. The van der Waals surface area contributed by atoms with Gasteiger partial charge in [0.1, 0.15) is 23.4 Å². The highest BCUT2D eigenvalue weighted by molar-refractivity contribution is 5.44. The van der Waals surface area contributed by atoms with Crippen LogP contribution < -0.4 is 15.2 Å². The molecule has 0 radical (unpaired) electrons. The molecule has 0 aliphatic carbocycles. The van der Waals surface area contributed by atoms with Crippen LogP contribution in [0.15, 0.2) is 60.8 Å². The van der Waals surface area contributed by atoms with Crippen molar-refractivity contribution in [3.63, 3.8) is 0 Å². The maximum Gasteiger partial charge on any atom is 0.219 e. The van der Waals surface area contributed by atoms with E-state index in [4.69, 9.17) is 15.2 Å². The van der Waals surface area contributed by atoms with E-state index in [1.165, 1.54) is 0 Å². The molecule has 1 unspecified atom stereocenters. The summed E-state index contributed by atoms with van der Waals surface area (Å²) in [5, 5.41) is 9.65. The van der Waals surface area contributed by atoms with E-state index in [-0.39, 0.29) is 11.9 Å². The first-order chi connectivity index (χ1) is 12.2. The maximum absolute atomic E-state index is 9.65. The van der Waals surface area contributed by atoms with Crippen molar-refractivity contribution in [1.29, 1.82) is 0 Å². The number of aromatic nitrogens is 1. The number of ether oxygens (including phenoxy) is 2. The van der Waals surface area contributed by atoms with Crippen LogP contribution in [-0.2, 0) is 6.42 Å². The van der Waals surface area contributed by atoms with Crippen molar-refractivity contribution in [2.24, 2.45) is 0 Å². The molecule has 0 amide bonds. The first-order valence-electron chi connectivity index (χ1n) is 8.15. The Morgan fingerprint density at radius 2 is 2.04 bits per heavy atom. The van der Waals surface area contributed by atoms with Crippen molar-refractivity contribution >= 4 is 5.69 Å². The molecule has 3 N–H and O–H groups in total. The molecule has 1 aliphatic rings. The fourth-order valence-electron chi connectivity index (χ4n) is 2.96. The standard InChI is InChI=1S/C20H18N2O3/c21-15-5-9-20(22-12-15)24-17-6-8-19-14(11-17)4-7-18(25-19)13-2-1-3-16(23)10-13/h1-3,5-6,8-12,18,23H,4,7,21H2. The molecule has 4 rings (SSSR count). The minimum atomic E-state index is -0.0508. The molecule has 0 bridgehead atoms. The lowest BCUT2D eigenvalue weighted by Gasteiger charge is -2.26. The van der Waals surface area contributed by atoms with Crippen molar-refractivity contribution < 1.29 is 14.6 Å². The highest BCUT2D eigenvalue weighted by Gasteiger charge is 2.22. The number of fused-ring (bicyclic) bond motifs is 1. The highest BCUT2D eigenvalue weighted by Crippen LogP contribution is 2.37. The minimum Gasteiger partial charge on any atom is -0.508 e. The van der Waals surface area contributed by atoms with Crippen LogP contribution in [0, 0.1) is 0 Å². The normalized spacial score (nSPS) is 15.9. The van der Waals surface area contributed by atoms with Gasteiger partial charge in [-0.25, -0.2) is 4.98 Å². The second-order valence-corrected chi connectivity index (χ2v) is 6.04. The number of hydrogen-bond acceptors (Lipinski definition) is 5.